The maximum Gasteiger partial charge on any atom is 0.258 e. The van der Waals surface area contributed by atoms with Gasteiger partial charge in [0.25, 0.3) is 5.56 Å². The van der Waals surface area contributed by atoms with Gasteiger partial charge in [0.2, 0.25) is 5.91 Å². The highest BCUT2D eigenvalue weighted by Crippen LogP contribution is 2.21. The summed E-state index contributed by atoms with van der Waals surface area (Å²) in [5.41, 5.74) is 2.40. The molecule has 0 saturated heterocycles. The molecule has 0 aliphatic heterocycles. The number of hydrogen-bond donors (Lipinski definition) is 0. The van der Waals surface area contributed by atoms with Gasteiger partial charge in [-0.1, -0.05) is 18.2 Å². The summed E-state index contributed by atoms with van der Waals surface area (Å²) in [6.45, 7) is 3.77. The van der Waals surface area contributed by atoms with Crippen molar-refractivity contribution in [2.75, 3.05) is 11.9 Å². The summed E-state index contributed by atoms with van der Waals surface area (Å²) in [6.07, 6.45) is 0. The summed E-state index contributed by atoms with van der Waals surface area (Å²) in [6, 6.07) is 11.1. The number of nitrogens with zero attached hydrogens (tertiary/aromatic N) is 3. The SMILES string of the molecule is Cc1csc2nc(CSC(C)C(=O)N(C)c3ccccc3)cc(=O)n12. The molecule has 0 spiro atoms. The van der Waals surface area contributed by atoms with E-state index in [4.69, 9.17) is 0 Å². The first-order chi connectivity index (χ1) is 12.0. The van der Waals surface area contributed by atoms with E-state index in [1.54, 1.807) is 22.4 Å². The molecule has 2 aromatic heterocycles. The lowest BCUT2D eigenvalue weighted by molar-refractivity contribution is -0.117. The van der Waals surface area contributed by atoms with Crippen LogP contribution in [-0.2, 0) is 10.5 Å². The number of aromatic nitrogens is 2. The lowest BCUT2D eigenvalue weighted by Gasteiger charge is -2.21. The number of thioether (sulfide) groups is 1. The second-order valence-electron chi connectivity index (χ2n) is 5.77. The van der Waals surface area contributed by atoms with Crippen molar-refractivity contribution in [3.8, 4) is 0 Å². The molecule has 0 fully saturated rings. The van der Waals surface area contributed by atoms with Crippen LogP contribution in [0.25, 0.3) is 4.96 Å². The molecular weight excluding hydrogens is 354 g/mol. The van der Waals surface area contributed by atoms with Crippen LogP contribution in [-0.4, -0.2) is 27.6 Å². The molecule has 0 aliphatic rings. The molecule has 1 unspecified atom stereocenters. The first-order valence-electron chi connectivity index (χ1n) is 7.88. The molecular formula is C18H19N3O2S2. The third-order valence-electron chi connectivity index (χ3n) is 3.93. The van der Waals surface area contributed by atoms with Crippen molar-refractivity contribution < 1.29 is 4.79 Å². The molecule has 130 valence electrons. The smallest absolute Gasteiger partial charge is 0.258 e. The maximum absolute atomic E-state index is 12.6. The van der Waals surface area contributed by atoms with Crippen LogP contribution in [0.1, 0.15) is 18.3 Å². The van der Waals surface area contributed by atoms with E-state index in [1.807, 2.05) is 49.6 Å². The summed E-state index contributed by atoms with van der Waals surface area (Å²) >= 11 is 2.94. The van der Waals surface area contributed by atoms with Crippen LogP contribution < -0.4 is 10.5 Å². The number of aryl methyl sites for hydroxylation is 1. The Labute approximate surface area is 154 Å². The lowest BCUT2D eigenvalue weighted by atomic mass is 10.3. The number of amides is 1. The number of hydrogen-bond acceptors (Lipinski definition) is 5. The average molecular weight is 374 g/mol. The van der Waals surface area contributed by atoms with Crippen molar-refractivity contribution >= 4 is 39.7 Å². The molecule has 0 bridgehead atoms. The summed E-state index contributed by atoms with van der Waals surface area (Å²) in [7, 11) is 1.78. The molecule has 7 heteroatoms. The van der Waals surface area contributed by atoms with Crippen LogP contribution in [0.4, 0.5) is 5.69 Å². The number of rotatable bonds is 5. The summed E-state index contributed by atoms with van der Waals surface area (Å²) in [5, 5.41) is 1.69. The van der Waals surface area contributed by atoms with Gasteiger partial charge in [-0.2, -0.15) is 0 Å². The van der Waals surface area contributed by atoms with Gasteiger partial charge in [-0.3, -0.25) is 14.0 Å². The Morgan fingerprint density at radius 1 is 1.36 bits per heavy atom. The second kappa shape index (κ2) is 7.41. The van der Waals surface area contributed by atoms with Gasteiger partial charge < -0.3 is 4.90 Å². The molecule has 3 rings (SSSR count). The minimum absolute atomic E-state index is 0.0287. The Kier molecular flexibility index (Phi) is 5.24. The first-order valence-corrected chi connectivity index (χ1v) is 9.81. The van der Waals surface area contributed by atoms with Crippen molar-refractivity contribution in [3.05, 3.63) is 63.5 Å². The molecule has 3 aromatic rings. The van der Waals surface area contributed by atoms with E-state index in [0.717, 1.165) is 11.4 Å². The van der Waals surface area contributed by atoms with Crippen LogP contribution in [0.3, 0.4) is 0 Å². The summed E-state index contributed by atoms with van der Waals surface area (Å²) in [4.78, 5) is 31.6. The molecule has 0 radical (unpaired) electrons. The summed E-state index contributed by atoms with van der Waals surface area (Å²) in [5.74, 6) is 0.555. The molecule has 0 saturated carbocycles. The number of carbonyl (C=O) groups excluding carboxylic acids is 1. The van der Waals surface area contributed by atoms with E-state index >= 15 is 0 Å². The fourth-order valence-electron chi connectivity index (χ4n) is 2.51. The topological polar surface area (TPSA) is 54.7 Å². The van der Waals surface area contributed by atoms with E-state index < -0.39 is 0 Å². The Morgan fingerprint density at radius 2 is 2.08 bits per heavy atom. The van der Waals surface area contributed by atoms with Crippen LogP contribution in [0.15, 0.2) is 46.6 Å². The zero-order chi connectivity index (χ0) is 18.0. The number of fused-ring (bicyclic) bond motifs is 1. The Morgan fingerprint density at radius 3 is 2.80 bits per heavy atom. The number of benzene rings is 1. The maximum atomic E-state index is 12.6. The Balaban J connectivity index is 1.69. The highest BCUT2D eigenvalue weighted by atomic mass is 32.2. The van der Waals surface area contributed by atoms with Crippen LogP contribution >= 0.6 is 23.1 Å². The second-order valence-corrected chi connectivity index (χ2v) is 7.93. The quantitative estimate of drug-likeness (QED) is 0.688. The van der Waals surface area contributed by atoms with Crippen LogP contribution in [0, 0.1) is 6.92 Å². The van der Waals surface area contributed by atoms with Gasteiger partial charge in [-0.15, -0.1) is 23.1 Å². The Hall–Kier alpha value is -2.12. The normalized spacial score (nSPS) is 12.3. The van der Waals surface area contributed by atoms with Crippen molar-refractivity contribution in [1.82, 2.24) is 9.38 Å². The molecule has 25 heavy (non-hydrogen) atoms. The largest absolute Gasteiger partial charge is 0.315 e. The Bertz CT molecular complexity index is 950. The van der Waals surface area contributed by atoms with Gasteiger partial charge in [0.05, 0.1) is 10.9 Å². The van der Waals surface area contributed by atoms with Gasteiger partial charge in [0.1, 0.15) is 0 Å². The molecule has 0 aliphatic carbocycles. The predicted molar refractivity (Wildman–Crippen MR) is 105 cm³/mol. The number of anilines is 1. The number of carbonyl (C=O) groups is 1. The van der Waals surface area contributed by atoms with E-state index in [1.165, 1.54) is 23.1 Å². The zero-order valence-corrected chi connectivity index (χ0v) is 15.9. The highest BCUT2D eigenvalue weighted by molar-refractivity contribution is 7.99. The number of para-hydroxylation sites is 1. The monoisotopic (exact) mass is 373 g/mol. The summed E-state index contributed by atoms with van der Waals surface area (Å²) < 4.78 is 1.61. The van der Waals surface area contributed by atoms with Crippen LogP contribution in [0.2, 0.25) is 0 Å². The van der Waals surface area contributed by atoms with E-state index in [2.05, 4.69) is 4.98 Å². The lowest BCUT2D eigenvalue weighted by Crippen LogP contribution is -2.33. The number of thiazole rings is 1. The van der Waals surface area contributed by atoms with E-state index in [-0.39, 0.29) is 16.7 Å². The van der Waals surface area contributed by atoms with Gasteiger partial charge in [0.15, 0.2) is 4.96 Å². The van der Waals surface area contributed by atoms with Gasteiger partial charge in [-0.25, -0.2) is 4.98 Å². The van der Waals surface area contributed by atoms with Crippen molar-refractivity contribution in [3.63, 3.8) is 0 Å². The molecule has 1 amide bonds. The van der Waals surface area contributed by atoms with Crippen molar-refractivity contribution in [1.29, 1.82) is 0 Å². The molecule has 2 heterocycles. The van der Waals surface area contributed by atoms with E-state index in [0.29, 0.717) is 16.4 Å². The zero-order valence-electron chi connectivity index (χ0n) is 14.3. The highest BCUT2D eigenvalue weighted by Gasteiger charge is 2.19. The fraction of sp³-hybridized carbons (Fsp3) is 0.278. The van der Waals surface area contributed by atoms with Gasteiger partial charge >= 0.3 is 0 Å². The third-order valence-corrected chi connectivity index (χ3v) is 6.04. The van der Waals surface area contributed by atoms with Crippen molar-refractivity contribution in [2.45, 2.75) is 24.9 Å². The minimum atomic E-state index is -0.226. The molecule has 1 aromatic carbocycles. The van der Waals surface area contributed by atoms with E-state index in [9.17, 15) is 9.59 Å². The first kappa shape index (κ1) is 17.7. The third kappa shape index (κ3) is 3.77. The molecule has 5 nitrogen and oxygen atoms in total. The molecule has 0 N–H and O–H groups in total. The van der Waals surface area contributed by atoms with Gasteiger partial charge in [-0.05, 0) is 26.0 Å². The average Bonchev–Trinajstić information content (AvgIpc) is 3.00. The van der Waals surface area contributed by atoms with Crippen LogP contribution in [0.5, 0.6) is 0 Å². The van der Waals surface area contributed by atoms with Gasteiger partial charge in [0, 0.05) is 35.6 Å². The predicted octanol–water partition coefficient (Wildman–Crippen LogP) is 3.35. The standard InChI is InChI=1S/C18H19N3O2S2/c1-12-10-25-18-19-14(9-16(22)21(12)18)11-24-13(2)17(23)20(3)15-7-5-4-6-8-15/h4-10,13H,11H2,1-3H3. The minimum Gasteiger partial charge on any atom is -0.315 e. The molecule has 1 atom stereocenters. The fourth-order valence-corrected chi connectivity index (χ4v) is 4.27. The van der Waals surface area contributed by atoms with Crippen molar-refractivity contribution in [2.24, 2.45) is 0 Å².